The molecule has 3 heteroatoms. The highest BCUT2D eigenvalue weighted by atomic mass is 15.1. The van der Waals surface area contributed by atoms with Crippen LogP contribution in [0.5, 0.6) is 0 Å². The van der Waals surface area contributed by atoms with Gasteiger partial charge >= 0.3 is 0 Å². The fourth-order valence-electron chi connectivity index (χ4n) is 3.39. The van der Waals surface area contributed by atoms with Gasteiger partial charge in [-0.05, 0) is 51.3 Å². The Balaban J connectivity index is 1.90. The van der Waals surface area contributed by atoms with Crippen LogP contribution >= 0.6 is 0 Å². The summed E-state index contributed by atoms with van der Waals surface area (Å²) in [6, 6.07) is 13.7. The molecule has 2 atom stereocenters. The maximum absolute atomic E-state index is 9.55. The van der Waals surface area contributed by atoms with Crippen molar-refractivity contribution in [2.24, 2.45) is 0 Å². The second-order valence-electron chi connectivity index (χ2n) is 6.19. The molecule has 0 spiro atoms. The average molecular weight is 285 g/mol. The highest BCUT2D eigenvalue weighted by Crippen LogP contribution is 2.30. The highest BCUT2D eigenvalue weighted by Gasteiger charge is 2.37. The normalized spacial score (nSPS) is 25.7. The molecule has 1 aromatic carbocycles. The van der Waals surface area contributed by atoms with Gasteiger partial charge in [-0.15, -0.1) is 0 Å². The first kappa shape index (κ1) is 16.0. The molecule has 3 nitrogen and oxygen atoms in total. The lowest BCUT2D eigenvalue weighted by atomic mass is 9.79. The maximum atomic E-state index is 9.55. The van der Waals surface area contributed by atoms with E-state index in [1.54, 1.807) is 0 Å². The van der Waals surface area contributed by atoms with Gasteiger partial charge in [0, 0.05) is 12.6 Å². The Morgan fingerprint density at radius 2 is 2.14 bits per heavy atom. The monoisotopic (exact) mass is 285 g/mol. The molecule has 0 bridgehead atoms. The summed E-state index contributed by atoms with van der Waals surface area (Å²) >= 11 is 0. The lowest BCUT2D eigenvalue weighted by Crippen LogP contribution is -2.52. The molecule has 21 heavy (non-hydrogen) atoms. The van der Waals surface area contributed by atoms with Gasteiger partial charge in [0.15, 0.2) is 0 Å². The fraction of sp³-hybridized carbons (Fsp3) is 0.611. The molecule has 0 radical (unpaired) electrons. The van der Waals surface area contributed by atoms with Crippen molar-refractivity contribution in [1.82, 2.24) is 10.2 Å². The van der Waals surface area contributed by atoms with Crippen LogP contribution in [0.2, 0.25) is 0 Å². The van der Waals surface area contributed by atoms with E-state index >= 15 is 0 Å². The molecule has 1 aromatic rings. The van der Waals surface area contributed by atoms with Crippen LogP contribution < -0.4 is 5.32 Å². The number of hydrogen-bond acceptors (Lipinski definition) is 3. The first-order valence-corrected chi connectivity index (χ1v) is 8.09. The minimum atomic E-state index is -0.307. The van der Waals surface area contributed by atoms with Gasteiger partial charge in [-0.3, -0.25) is 5.32 Å². The summed E-state index contributed by atoms with van der Waals surface area (Å²) in [6.07, 6.45) is 5.36. The number of nitrogens with one attached hydrogen (secondary N) is 1. The van der Waals surface area contributed by atoms with Crippen molar-refractivity contribution in [3.05, 3.63) is 35.9 Å². The predicted octanol–water partition coefficient (Wildman–Crippen LogP) is 2.98. The van der Waals surface area contributed by atoms with E-state index in [0.717, 1.165) is 38.8 Å². The molecule has 1 aliphatic carbocycles. The Hall–Kier alpha value is -1.37. The number of likely N-dealkylation sites (N-methyl/N-ethyl adjacent to an activating group) is 1. The van der Waals surface area contributed by atoms with Crippen molar-refractivity contribution in [3.63, 3.8) is 0 Å². The Kier molecular flexibility index (Phi) is 5.78. The molecule has 114 valence electrons. The van der Waals surface area contributed by atoms with Gasteiger partial charge in [-0.2, -0.15) is 5.26 Å². The predicted molar refractivity (Wildman–Crippen MR) is 87.1 cm³/mol. The molecular formula is C18H27N3. The number of rotatable bonds is 6. The Morgan fingerprint density at radius 1 is 1.38 bits per heavy atom. The molecular weight excluding hydrogens is 258 g/mol. The average Bonchev–Trinajstić information content (AvgIpc) is 2.54. The number of nitrogens with zero attached hydrogens (tertiary/aromatic N) is 2. The van der Waals surface area contributed by atoms with E-state index < -0.39 is 0 Å². The second-order valence-corrected chi connectivity index (χ2v) is 6.19. The summed E-state index contributed by atoms with van der Waals surface area (Å²) in [5.74, 6) is 0. The van der Waals surface area contributed by atoms with Crippen LogP contribution in [0.4, 0.5) is 0 Å². The summed E-state index contributed by atoms with van der Waals surface area (Å²) in [5, 5.41) is 13.0. The van der Waals surface area contributed by atoms with Crippen molar-refractivity contribution in [1.29, 1.82) is 5.26 Å². The fourth-order valence-corrected chi connectivity index (χ4v) is 3.39. The highest BCUT2D eigenvalue weighted by molar-refractivity contribution is 5.15. The molecule has 0 aliphatic heterocycles. The van der Waals surface area contributed by atoms with E-state index in [9.17, 15) is 5.26 Å². The minimum Gasteiger partial charge on any atom is -0.303 e. The summed E-state index contributed by atoms with van der Waals surface area (Å²) < 4.78 is 0. The van der Waals surface area contributed by atoms with E-state index in [-0.39, 0.29) is 5.54 Å². The Morgan fingerprint density at radius 3 is 2.81 bits per heavy atom. The molecule has 2 rings (SSSR count). The largest absolute Gasteiger partial charge is 0.303 e. The summed E-state index contributed by atoms with van der Waals surface area (Å²) in [6.45, 7) is 4.01. The molecule has 1 fully saturated rings. The van der Waals surface area contributed by atoms with E-state index in [0.29, 0.717) is 6.04 Å². The van der Waals surface area contributed by atoms with Gasteiger partial charge in [0.2, 0.25) is 0 Å². The van der Waals surface area contributed by atoms with Gasteiger partial charge in [0.25, 0.3) is 0 Å². The van der Waals surface area contributed by atoms with Crippen molar-refractivity contribution in [2.75, 3.05) is 20.1 Å². The van der Waals surface area contributed by atoms with Crippen LogP contribution in [0.1, 0.15) is 38.2 Å². The second kappa shape index (κ2) is 7.59. The minimum absolute atomic E-state index is 0.307. The van der Waals surface area contributed by atoms with E-state index in [1.165, 1.54) is 12.0 Å². The van der Waals surface area contributed by atoms with Crippen molar-refractivity contribution < 1.29 is 0 Å². The molecule has 0 amide bonds. The van der Waals surface area contributed by atoms with Crippen LogP contribution in [-0.4, -0.2) is 36.6 Å². The lowest BCUT2D eigenvalue weighted by molar-refractivity contribution is 0.146. The third-order valence-electron chi connectivity index (χ3n) is 4.67. The summed E-state index contributed by atoms with van der Waals surface area (Å²) in [4.78, 5) is 2.44. The number of benzene rings is 1. The summed E-state index contributed by atoms with van der Waals surface area (Å²) in [7, 11) is 2.20. The SMILES string of the molecule is CCNC1(C#N)CCCC(N(C)CCc2ccccc2)C1. The maximum Gasteiger partial charge on any atom is 0.108 e. The third kappa shape index (κ3) is 4.30. The summed E-state index contributed by atoms with van der Waals surface area (Å²) in [5.41, 5.74) is 1.08. The molecule has 2 unspecified atom stereocenters. The van der Waals surface area contributed by atoms with E-state index in [4.69, 9.17) is 0 Å². The first-order valence-electron chi connectivity index (χ1n) is 8.09. The van der Waals surface area contributed by atoms with Crippen molar-refractivity contribution >= 4 is 0 Å². The van der Waals surface area contributed by atoms with Gasteiger partial charge in [-0.25, -0.2) is 0 Å². The number of nitriles is 1. The van der Waals surface area contributed by atoms with Crippen LogP contribution in [0, 0.1) is 11.3 Å². The van der Waals surface area contributed by atoms with E-state index in [2.05, 4.69) is 60.6 Å². The first-order chi connectivity index (χ1) is 10.2. The topological polar surface area (TPSA) is 39.1 Å². The standard InChI is InChI=1S/C18H27N3/c1-3-20-18(15-19)12-7-10-17(14-18)21(2)13-11-16-8-5-4-6-9-16/h4-6,8-9,17,20H,3,7,10-14H2,1-2H3. The molecule has 0 aromatic heterocycles. The molecule has 1 N–H and O–H groups in total. The van der Waals surface area contributed by atoms with Gasteiger partial charge in [-0.1, -0.05) is 37.3 Å². The zero-order valence-electron chi connectivity index (χ0n) is 13.3. The molecule has 1 aliphatic rings. The molecule has 1 saturated carbocycles. The van der Waals surface area contributed by atoms with Gasteiger partial charge < -0.3 is 4.90 Å². The van der Waals surface area contributed by atoms with Gasteiger partial charge in [0.1, 0.15) is 5.54 Å². The van der Waals surface area contributed by atoms with Crippen LogP contribution in [0.3, 0.4) is 0 Å². The van der Waals surface area contributed by atoms with Crippen LogP contribution in [0.15, 0.2) is 30.3 Å². The zero-order chi connectivity index (χ0) is 15.1. The quantitative estimate of drug-likeness (QED) is 0.873. The van der Waals surface area contributed by atoms with Crippen molar-refractivity contribution in [3.8, 4) is 6.07 Å². The Bertz CT molecular complexity index is 461. The number of hydrogen-bond donors (Lipinski definition) is 1. The Labute approximate surface area is 129 Å². The third-order valence-corrected chi connectivity index (χ3v) is 4.67. The smallest absolute Gasteiger partial charge is 0.108 e. The molecule has 0 saturated heterocycles. The zero-order valence-corrected chi connectivity index (χ0v) is 13.3. The van der Waals surface area contributed by atoms with Crippen LogP contribution in [0.25, 0.3) is 0 Å². The van der Waals surface area contributed by atoms with Crippen molar-refractivity contribution in [2.45, 2.75) is 50.6 Å². The van der Waals surface area contributed by atoms with Crippen LogP contribution in [-0.2, 0) is 6.42 Å². The van der Waals surface area contributed by atoms with Gasteiger partial charge in [0.05, 0.1) is 6.07 Å². The lowest BCUT2D eigenvalue weighted by Gasteiger charge is -2.40. The molecule has 0 heterocycles. The van der Waals surface area contributed by atoms with E-state index in [1.807, 2.05) is 0 Å².